The summed E-state index contributed by atoms with van der Waals surface area (Å²) in [5, 5.41) is 15.0. The van der Waals surface area contributed by atoms with Crippen LogP contribution >= 0.6 is 0 Å². The molecule has 3 rings (SSSR count). The van der Waals surface area contributed by atoms with Crippen LogP contribution in [0.2, 0.25) is 0 Å². The van der Waals surface area contributed by atoms with Gasteiger partial charge in [0, 0.05) is 36.1 Å². The maximum atomic E-state index is 12.7. The number of para-hydroxylation sites is 1. The number of esters is 1. The van der Waals surface area contributed by atoms with Gasteiger partial charge < -0.3 is 20.4 Å². The number of rotatable bonds is 7. The lowest BCUT2D eigenvalue weighted by Crippen LogP contribution is -2.44. The number of carbonyl (C=O) groups is 3. The molecule has 3 N–H and O–H groups in total. The second-order valence-electron chi connectivity index (χ2n) is 7.07. The molecule has 2 amide bonds. The van der Waals surface area contributed by atoms with Gasteiger partial charge in [-0.3, -0.25) is 9.59 Å². The van der Waals surface area contributed by atoms with Crippen LogP contribution in [0.5, 0.6) is 0 Å². The zero-order valence-electron chi connectivity index (χ0n) is 17.1. The third-order valence-electron chi connectivity index (χ3n) is 4.70. The molecule has 158 valence electrons. The number of fused-ring (bicyclic) bond motifs is 1. The number of H-pyrrole nitrogens is 1. The summed E-state index contributed by atoms with van der Waals surface area (Å²) in [5.74, 6) is -1.61. The van der Waals surface area contributed by atoms with E-state index < -0.39 is 24.0 Å². The van der Waals surface area contributed by atoms with Crippen LogP contribution in [0.15, 0.2) is 54.7 Å². The van der Waals surface area contributed by atoms with E-state index in [1.165, 1.54) is 13.8 Å². The molecule has 0 aliphatic rings. The molecule has 1 aromatic heterocycles. The van der Waals surface area contributed by atoms with E-state index in [9.17, 15) is 14.4 Å². The van der Waals surface area contributed by atoms with Crippen molar-refractivity contribution < 1.29 is 19.1 Å². The van der Waals surface area contributed by atoms with Crippen molar-refractivity contribution in [3.63, 3.8) is 0 Å². The topological polar surface area (TPSA) is 124 Å². The summed E-state index contributed by atoms with van der Waals surface area (Å²) < 4.78 is 5.32. The molecular formula is C23H22N4O4. The number of hydrogen-bond acceptors (Lipinski definition) is 5. The fourth-order valence-corrected chi connectivity index (χ4v) is 3.14. The number of hydrogen-bond donors (Lipinski definition) is 3. The highest BCUT2D eigenvalue weighted by molar-refractivity contribution is 5.96. The molecule has 0 radical (unpaired) electrons. The van der Waals surface area contributed by atoms with Gasteiger partial charge in [-0.05, 0) is 42.8 Å². The van der Waals surface area contributed by atoms with Crippen molar-refractivity contribution >= 4 is 34.4 Å². The van der Waals surface area contributed by atoms with E-state index in [4.69, 9.17) is 10.00 Å². The first-order chi connectivity index (χ1) is 14.9. The number of aromatic amines is 1. The predicted molar refractivity (Wildman–Crippen MR) is 115 cm³/mol. The molecule has 0 spiro atoms. The van der Waals surface area contributed by atoms with Gasteiger partial charge in [0.05, 0.1) is 11.6 Å². The van der Waals surface area contributed by atoms with Crippen LogP contribution in [0.4, 0.5) is 5.69 Å². The van der Waals surface area contributed by atoms with Crippen molar-refractivity contribution in [2.45, 2.75) is 32.4 Å². The summed E-state index contributed by atoms with van der Waals surface area (Å²) in [6, 6.07) is 15.0. The van der Waals surface area contributed by atoms with Gasteiger partial charge in [0.1, 0.15) is 6.04 Å². The number of aromatic nitrogens is 1. The average molecular weight is 418 g/mol. The SMILES string of the molecule is CC(=O)N[C@@H](Cc1c[nH]c2ccccc12)C(=O)O[C@@H](C)C(=O)Nc1ccc(C#N)cc1. The van der Waals surface area contributed by atoms with Crippen LogP contribution in [-0.4, -0.2) is 34.9 Å². The number of nitrogens with zero attached hydrogens (tertiary/aromatic N) is 1. The zero-order valence-corrected chi connectivity index (χ0v) is 17.1. The molecule has 2 atom stereocenters. The lowest BCUT2D eigenvalue weighted by atomic mass is 10.0. The molecule has 0 bridgehead atoms. The van der Waals surface area contributed by atoms with Crippen molar-refractivity contribution in [1.82, 2.24) is 10.3 Å². The lowest BCUT2D eigenvalue weighted by molar-refractivity contribution is -0.156. The molecule has 0 saturated carbocycles. The van der Waals surface area contributed by atoms with Crippen molar-refractivity contribution in [2.24, 2.45) is 0 Å². The number of nitrogens with one attached hydrogen (secondary N) is 3. The Hall–Kier alpha value is -4.12. The molecule has 0 fully saturated rings. The van der Waals surface area contributed by atoms with Gasteiger partial charge in [-0.15, -0.1) is 0 Å². The zero-order chi connectivity index (χ0) is 22.4. The van der Waals surface area contributed by atoms with Crippen LogP contribution in [0.1, 0.15) is 25.0 Å². The maximum absolute atomic E-state index is 12.7. The molecule has 0 aliphatic heterocycles. The number of nitriles is 1. The molecule has 0 saturated heterocycles. The molecule has 8 heteroatoms. The summed E-state index contributed by atoms with van der Waals surface area (Å²) in [6.07, 6.45) is 0.919. The Balaban J connectivity index is 1.67. The van der Waals surface area contributed by atoms with E-state index in [0.29, 0.717) is 11.3 Å². The molecule has 0 unspecified atom stereocenters. The van der Waals surface area contributed by atoms with E-state index in [2.05, 4.69) is 15.6 Å². The minimum atomic E-state index is -1.08. The molecule has 31 heavy (non-hydrogen) atoms. The Morgan fingerprint density at radius 3 is 2.52 bits per heavy atom. The van der Waals surface area contributed by atoms with Crippen LogP contribution in [0.25, 0.3) is 10.9 Å². The number of benzene rings is 2. The number of carbonyl (C=O) groups excluding carboxylic acids is 3. The first-order valence-electron chi connectivity index (χ1n) is 9.71. The van der Waals surface area contributed by atoms with Gasteiger partial charge in [0.15, 0.2) is 6.10 Å². The van der Waals surface area contributed by atoms with Crippen molar-refractivity contribution in [3.05, 3.63) is 65.9 Å². The molecule has 8 nitrogen and oxygen atoms in total. The molecule has 3 aromatic rings. The van der Waals surface area contributed by atoms with Crippen molar-refractivity contribution in [3.8, 4) is 6.07 Å². The number of amides is 2. The Labute approximate surface area is 179 Å². The minimum absolute atomic E-state index is 0.215. The van der Waals surface area contributed by atoms with Gasteiger partial charge in [-0.1, -0.05) is 18.2 Å². The third kappa shape index (κ3) is 5.48. The third-order valence-corrected chi connectivity index (χ3v) is 4.70. The Morgan fingerprint density at radius 1 is 1.13 bits per heavy atom. The standard InChI is InChI=1S/C23H22N4O4/c1-14(22(29)27-18-9-7-16(12-24)8-10-18)31-23(30)21(26-15(2)28)11-17-13-25-20-6-4-3-5-19(17)20/h3-10,13-14,21,25H,11H2,1-2H3,(H,26,28)(H,27,29)/t14-,21-/m0/s1. The summed E-state index contributed by atoms with van der Waals surface area (Å²) in [7, 11) is 0. The van der Waals surface area contributed by atoms with Gasteiger partial charge in [0.2, 0.25) is 5.91 Å². The van der Waals surface area contributed by atoms with E-state index >= 15 is 0 Å². The van der Waals surface area contributed by atoms with Crippen LogP contribution in [0.3, 0.4) is 0 Å². The number of ether oxygens (including phenoxy) is 1. The second-order valence-corrected chi connectivity index (χ2v) is 7.07. The van der Waals surface area contributed by atoms with Gasteiger partial charge in [0.25, 0.3) is 5.91 Å². The maximum Gasteiger partial charge on any atom is 0.329 e. The summed E-state index contributed by atoms with van der Waals surface area (Å²) in [5.41, 5.74) is 2.71. The summed E-state index contributed by atoms with van der Waals surface area (Å²) >= 11 is 0. The smallest absolute Gasteiger partial charge is 0.329 e. The first kappa shape index (κ1) is 21.6. The van der Waals surface area contributed by atoms with Crippen molar-refractivity contribution in [1.29, 1.82) is 5.26 Å². The predicted octanol–water partition coefficient (Wildman–Crippen LogP) is 2.66. The van der Waals surface area contributed by atoms with Crippen LogP contribution in [-0.2, 0) is 25.5 Å². The Morgan fingerprint density at radius 2 is 1.84 bits per heavy atom. The quantitative estimate of drug-likeness (QED) is 0.509. The Bertz CT molecular complexity index is 1140. The van der Waals surface area contributed by atoms with Crippen LogP contribution < -0.4 is 10.6 Å². The van der Waals surface area contributed by atoms with E-state index in [-0.39, 0.29) is 12.3 Å². The van der Waals surface area contributed by atoms with E-state index in [1.807, 2.05) is 30.3 Å². The Kier molecular flexibility index (Phi) is 6.67. The highest BCUT2D eigenvalue weighted by Crippen LogP contribution is 2.19. The number of anilines is 1. The fraction of sp³-hybridized carbons (Fsp3) is 0.217. The fourth-order valence-electron chi connectivity index (χ4n) is 3.14. The van der Waals surface area contributed by atoms with Gasteiger partial charge in [-0.2, -0.15) is 5.26 Å². The molecule has 2 aromatic carbocycles. The summed E-state index contributed by atoms with van der Waals surface area (Å²) in [4.78, 5) is 39.9. The monoisotopic (exact) mass is 418 g/mol. The second kappa shape index (κ2) is 9.59. The molecule has 1 heterocycles. The van der Waals surface area contributed by atoms with Crippen molar-refractivity contribution in [2.75, 3.05) is 5.32 Å². The van der Waals surface area contributed by atoms with E-state index in [1.54, 1.807) is 30.5 Å². The van der Waals surface area contributed by atoms with E-state index in [0.717, 1.165) is 16.5 Å². The summed E-state index contributed by atoms with van der Waals surface area (Å²) in [6.45, 7) is 2.77. The highest BCUT2D eigenvalue weighted by atomic mass is 16.5. The molecule has 0 aliphatic carbocycles. The first-order valence-corrected chi connectivity index (χ1v) is 9.71. The van der Waals surface area contributed by atoms with Gasteiger partial charge in [-0.25, -0.2) is 4.79 Å². The lowest BCUT2D eigenvalue weighted by Gasteiger charge is -2.20. The minimum Gasteiger partial charge on any atom is -0.451 e. The largest absolute Gasteiger partial charge is 0.451 e. The normalized spacial score (nSPS) is 12.4. The highest BCUT2D eigenvalue weighted by Gasteiger charge is 2.27. The van der Waals surface area contributed by atoms with Crippen LogP contribution in [0, 0.1) is 11.3 Å². The average Bonchev–Trinajstić information content (AvgIpc) is 3.16. The van der Waals surface area contributed by atoms with Gasteiger partial charge >= 0.3 is 5.97 Å². The molecular weight excluding hydrogens is 396 g/mol.